The summed E-state index contributed by atoms with van der Waals surface area (Å²) in [6.07, 6.45) is 8.82. The number of nitrogens with zero attached hydrogens (tertiary/aromatic N) is 1. The summed E-state index contributed by atoms with van der Waals surface area (Å²) in [4.78, 5) is 2.83. The summed E-state index contributed by atoms with van der Waals surface area (Å²) in [5.41, 5.74) is 0. The van der Waals surface area contributed by atoms with Gasteiger partial charge in [-0.1, -0.05) is 0 Å². The van der Waals surface area contributed by atoms with Gasteiger partial charge in [0.05, 0.1) is 0 Å². The Labute approximate surface area is 87.0 Å². The topological polar surface area (TPSA) is 15.3 Å². The molecule has 2 nitrogen and oxygen atoms in total. The molecule has 14 heavy (non-hydrogen) atoms. The second-order valence-electron chi connectivity index (χ2n) is 5.48. The molecular weight excluding hydrogens is 172 g/mol. The van der Waals surface area contributed by atoms with E-state index in [-0.39, 0.29) is 0 Å². The van der Waals surface area contributed by atoms with Crippen molar-refractivity contribution in [2.75, 3.05) is 13.6 Å². The minimum atomic E-state index is 0.834. The number of hydrogen-bond acceptors (Lipinski definition) is 2. The van der Waals surface area contributed by atoms with Crippen molar-refractivity contribution in [2.45, 2.75) is 56.7 Å². The Morgan fingerprint density at radius 1 is 1.07 bits per heavy atom. The van der Waals surface area contributed by atoms with Crippen molar-refractivity contribution in [3.8, 4) is 0 Å². The molecule has 1 aliphatic carbocycles. The van der Waals surface area contributed by atoms with Crippen LogP contribution in [0.1, 0.15) is 38.5 Å². The fourth-order valence-electron chi connectivity index (χ4n) is 3.74. The van der Waals surface area contributed by atoms with E-state index in [9.17, 15) is 0 Å². The largest absolute Gasteiger partial charge is 0.317 e. The third kappa shape index (κ3) is 1.40. The van der Waals surface area contributed by atoms with Gasteiger partial charge in [0.1, 0.15) is 0 Å². The fraction of sp³-hybridized carbons (Fsp3) is 1.00. The molecule has 2 heterocycles. The molecule has 0 aromatic rings. The smallest absolute Gasteiger partial charge is 0.00994 e. The van der Waals surface area contributed by atoms with Crippen molar-refractivity contribution < 1.29 is 0 Å². The van der Waals surface area contributed by atoms with Crippen LogP contribution in [0.25, 0.3) is 0 Å². The molecule has 2 heteroatoms. The lowest BCUT2D eigenvalue weighted by Gasteiger charge is -2.38. The van der Waals surface area contributed by atoms with Gasteiger partial charge < -0.3 is 5.32 Å². The minimum absolute atomic E-state index is 0.834. The lowest BCUT2D eigenvalue weighted by molar-refractivity contribution is 0.136. The van der Waals surface area contributed by atoms with Gasteiger partial charge in [0.25, 0.3) is 0 Å². The molecule has 0 aromatic heterocycles. The van der Waals surface area contributed by atoms with Crippen LogP contribution in [0, 0.1) is 5.92 Å². The highest BCUT2D eigenvalue weighted by atomic mass is 15.2. The first-order valence-electron chi connectivity index (χ1n) is 6.30. The number of nitrogens with one attached hydrogen (secondary N) is 1. The van der Waals surface area contributed by atoms with Gasteiger partial charge in [-0.25, -0.2) is 0 Å². The maximum atomic E-state index is 3.38. The van der Waals surface area contributed by atoms with Crippen molar-refractivity contribution in [3.63, 3.8) is 0 Å². The van der Waals surface area contributed by atoms with Crippen molar-refractivity contribution in [2.24, 2.45) is 5.92 Å². The van der Waals surface area contributed by atoms with Crippen molar-refractivity contribution in [3.05, 3.63) is 0 Å². The summed E-state index contributed by atoms with van der Waals surface area (Å²) in [6, 6.07) is 2.79. The van der Waals surface area contributed by atoms with Crippen LogP contribution in [0.3, 0.4) is 0 Å². The maximum absolute atomic E-state index is 3.38. The summed E-state index contributed by atoms with van der Waals surface area (Å²) in [6.45, 7) is 1.41. The van der Waals surface area contributed by atoms with Gasteiger partial charge in [0, 0.05) is 24.7 Å². The van der Waals surface area contributed by atoms with Crippen LogP contribution < -0.4 is 5.32 Å². The molecule has 0 radical (unpaired) electrons. The Kier molecular flexibility index (Phi) is 2.29. The molecule has 1 N–H and O–H groups in total. The van der Waals surface area contributed by atoms with E-state index in [2.05, 4.69) is 17.3 Å². The minimum Gasteiger partial charge on any atom is -0.317 e. The van der Waals surface area contributed by atoms with E-state index in [0.717, 1.165) is 24.0 Å². The number of rotatable bonds is 3. The van der Waals surface area contributed by atoms with Crippen LogP contribution >= 0.6 is 0 Å². The third-order valence-electron chi connectivity index (χ3n) is 4.72. The summed E-state index contributed by atoms with van der Waals surface area (Å²) in [7, 11) is 2.10. The van der Waals surface area contributed by atoms with Crippen molar-refractivity contribution in [1.29, 1.82) is 0 Å². The van der Waals surface area contributed by atoms with Crippen molar-refractivity contribution >= 4 is 0 Å². The molecule has 2 bridgehead atoms. The van der Waals surface area contributed by atoms with Gasteiger partial charge in [-0.3, -0.25) is 4.90 Å². The van der Waals surface area contributed by atoms with E-state index in [4.69, 9.17) is 0 Å². The van der Waals surface area contributed by atoms with Gasteiger partial charge in [-0.05, 0) is 51.5 Å². The summed E-state index contributed by atoms with van der Waals surface area (Å²) in [5.74, 6) is 1.01. The zero-order chi connectivity index (χ0) is 9.54. The monoisotopic (exact) mass is 194 g/mol. The van der Waals surface area contributed by atoms with Crippen LogP contribution in [-0.2, 0) is 0 Å². The van der Waals surface area contributed by atoms with Crippen LogP contribution in [0.2, 0.25) is 0 Å². The molecular formula is C12H22N2. The average molecular weight is 194 g/mol. The number of hydrogen-bond donors (Lipinski definition) is 1. The summed E-state index contributed by atoms with van der Waals surface area (Å²) < 4.78 is 0. The molecule has 0 amide bonds. The lowest BCUT2D eigenvalue weighted by atomic mass is 9.80. The Morgan fingerprint density at radius 3 is 2.14 bits per heavy atom. The van der Waals surface area contributed by atoms with E-state index >= 15 is 0 Å². The average Bonchev–Trinajstić information content (AvgIpc) is 2.70. The van der Waals surface area contributed by atoms with E-state index in [1.165, 1.54) is 45.1 Å². The fourth-order valence-corrected chi connectivity index (χ4v) is 3.74. The molecule has 0 aromatic carbocycles. The van der Waals surface area contributed by atoms with Gasteiger partial charge in [0.2, 0.25) is 0 Å². The molecule has 3 rings (SSSR count). The predicted octanol–water partition coefficient (Wildman–Crippen LogP) is 1.61. The molecule has 3 fully saturated rings. The van der Waals surface area contributed by atoms with E-state index in [0.29, 0.717) is 0 Å². The predicted molar refractivity (Wildman–Crippen MR) is 58.3 cm³/mol. The molecule has 0 unspecified atom stereocenters. The second-order valence-corrected chi connectivity index (χ2v) is 5.48. The quantitative estimate of drug-likeness (QED) is 0.734. The maximum Gasteiger partial charge on any atom is 0.00994 e. The Morgan fingerprint density at radius 2 is 1.64 bits per heavy atom. The molecule has 2 saturated heterocycles. The lowest BCUT2D eigenvalue weighted by Crippen LogP contribution is -2.45. The zero-order valence-corrected chi connectivity index (χ0v) is 9.21. The molecule has 80 valence electrons. The van der Waals surface area contributed by atoms with E-state index < -0.39 is 0 Å². The zero-order valence-electron chi connectivity index (χ0n) is 9.21. The van der Waals surface area contributed by atoms with Crippen molar-refractivity contribution in [1.82, 2.24) is 10.2 Å². The highest BCUT2D eigenvalue weighted by molar-refractivity contribution is 4.97. The third-order valence-corrected chi connectivity index (χ3v) is 4.72. The van der Waals surface area contributed by atoms with Crippen LogP contribution in [-0.4, -0.2) is 36.6 Å². The van der Waals surface area contributed by atoms with Crippen LogP contribution in [0.4, 0.5) is 0 Å². The van der Waals surface area contributed by atoms with Gasteiger partial charge in [-0.2, -0.15) is 0 Å². The van der Waals surface area contributed by atoms with E-state index in [1.54, 1.807) is 0 Å². The van der Waals surface area contributed by atoms with Gasteiger partial charge in [-0.15, -0.1) is 0 Å². The first-order chi connectivity index (χ1) is 6.86. The highest BCUT2D eigenvalue weighted by Crippen LogP contribution is 2.40. The molecule has 1 saturated carbocycles. The summed E-state index contributed by atoms with van der Waals surface area (Å²) >= 11 is 0. The Bertz CT molecular complexity index is 190. The van der Waals surface area contributed by atoms with Crippen LogP contribution in [0.15, 0.2) is 0 Å². The highest BCUT2D eigenvalue weighted by Gasteiger charge is 2.41. The molecule has 2 aliphatic heterocycles. The molecule has 3 aliphatic rings. The molecule has 0 atom stereocenters. The Balaban J connectivity index is 1.50. The van der Waals surface area contributed by atoms with Gasteiger partial charge in [0.15, 0.2) is 0 Å². The standard InChI is InChI=1S/C12H22N2/c1-13-10-6-9(7-10)8-14-11-2-3-12(14)5-4-11/h9-13H,2-8H2,1H3. The summed E-state index contributed by atoms with van der Waals surface area (Å²) in [5, 5.41) is 3.38. The Hall–Kier alpha value is -0.0800. The first-order valence-corrected chi connectivity index (χ1v) is 6.30. The number of fused-ring (bicyclic) bond motifs is 2. The SMILES string of the molecule is CNC1CC(CN2C3CCC2CC3)C1. The van der Waals surface area contributed by atoms with E-state index in [1.807, 2.05) is 0 Å². The first kappa shape index (κ1) is 9.17. The second kappa shape index (κ2) is 3.49. The normalized spacial score (nSPS) is 46.9. The van der Waals surface area contributed by atoms with Crippen LogP contribution in [0.5, 0.6) is 0 Å². The molecule has 0 spiro atoms. The van der Waals surface area contributed by atoms with Gasteiger partial charge >= 0.3 is 0 Å².